The SMILES string of the molecule is O=C(CCC/C=C\C[C@@H]1[C@@H](CC[C@@H](O)CCc2ccccc2)[C@H](O)C[C@@H]1O)OCC(CO[N+](=O)[O-])OCCO[N+](=O)[O-]. The number of benzene rings is 1. The van der Waals surface area contributed by atoms with E-state index in [9.17, 15) is 40.3 Å². The number of unbranched alkanes of at least 4 members (excludes halogenated alkanes) is 1. The number of allylic oxidation sites excluding steroid dienone is 2. The van der Waals surface area contributed by atoms with Crippen LogP contribution < -0.4 is 0 Å². The topological polar surface area (TPSA) is 201 Å². The molecule has 0 heterocycles. The highest BCUT2D eigenvalue weighted by atomic mass is 17.0. The van der Waals surface area contributed by atoms with Gasteiger partial charge in [-0.1, -0.05) is 42.5 Å². The molecule has 14 nitrogen and oxygen atoms in total. The van der Waals surface area contributed by atoms with Crippen LogP contribution in [0.15, 0.2) is 42.5 Å². The maximum absolute atomic E-state index is 12.1. The zero-order valence-electron chi connectivity index (χ0n) is 23.6. The zero-order chi connectivity index (χ0) is 30.7. The Morgan fingerprint density at radius 3 is 2.40 bits per heavy atom. The highest BCUT2D eigenvalue weighted by molar-refractivity contribution is 5.69. The summed E-state index contributed by atoms with van der Waals surface area (Å²) in [5.74, 6) is -0.761. The van der Waals surface area contributed by atoms with E-state index in [2.05, 4.69) is 9.68 Å². The highest BCUT2D eigenvalue weighted by Gasteiger charge is 2.40. The Labute approximate surface area is 244 Å². The average Bonchev–Trinajstić information content (AvgIpc) is 3.23. The first-order valence-corrected chi connectivity index (χ1v) is 14.2. The molecule has 1 aromatic rings. The maximum atomic E-state index is 12.1. The largest absolute Gasteiger partial charge is 0.463 e. The number of carbonyl (C=O) groups excluding carboxylic acids is 1. The van der Waals surface area contributed by atoms with E-state index in [0.29, 0.717) is 44.9 Å². The molecule has 6 atom stereocenters. The summed E-state index contributed by atoms with van der Waals surface area (Å²) in [5.41, 5.74) is 1.17. The second-order valence-electron chi connectivity index (χ2n) is 10.3. The summed E-state index contributed by atoms with van der Waals surface area (Å²) in [6, 6.07) is 9.95. The van der Waals surface area contributed by atoms with Gasteiger partial charge in [-0.15, -0.1) is 20.2 Å². The van der Waals surface area contributed by atoms with Crippen LogP contribution in [-0.2, 0) is 30.4 Å². The van der Waals surface area contributed by atoms with Crippen LogP contribution in [-0.4, -0.2) is 82.3 Å². The van der Waals surface area contributed by atoms with Gasteiger partial charge in [-0.3, -0.25) is 4.79 Å². The van der Waals surface area contributed by atoms with Crippen molar-refractivity contribution in [3.8, 4) is 0 Å². The van der Waals surface area contributed by atoms with Gasteiger partial charge >= 0.3 is 5.97 Å². The molecule has 2 rings (SSSR count). The first kappa shape index (κ1) is 34.9. The third-order valence-electron chi connectivity index (χ3n) is 7.22. The molecule has 0 aliphatic heterocycles. The van der Waals surface area contributed by atoms with E-state index in [1.807, 2.05) is 42.5 Å². The van der Waals surface area contributed by atoms with Crippen molar-refractivity contribution in [1.29, 1.82) is 0 Å². The predicted molar refractivity (Wildman–Crippen MR) is 148 cm³/mol. The lowest BCUT2D eigenvalue weighted by Gasteiger charge is -2.23. The Kier molecular flexibility index (Phi) is 16.4. The van der Waals surface area contributed by atoms with Crippen molar-refractivity contribution in [1.82, 2.24) is 0 Å². The van der Waals surface area contributed by atoms with Crippen molar-refractivity contribution in [2.75, 3.05) is 26.4 Å². The van der Waals surface area contributed by atoms with Crippen LogP contribution in [0.2, 0.25) is 0 Å². The Hall–Kier alpha value is -3.33. The Balaban J connectivity index is 1.66. The number of esters is 1. The third-order valence-corrected chi connectivity index (χ3v) is 7.22. The number of hydrogen-bond donors (Lipinski definition) is 3. The van der Waals surface area contributed by atoms with Crippen molar-refractivity contribution in [2.24, 2.45) is 11.8 Å². The molecule has 0 aromatic heterocycles. The Morgan fingerprint density at radius 2 is 1.69 bits per heavy atom. The molecule has 0 spiro atoms. The smallest absolute Gasteiger partial charge is 0.305 e. The molecule has 3 N–H and O–H groups in total. The summed E-state index contributed by atoms with van der Waals surface area (Å²) in [6.07, 6.45) is 5.77. The second kappa shape index (κ2) is 19.7. The lowest BCUT2D eigenvalue weighted by molar-refractivity contribution is -0.760. The number of ether oxygens (including phenoxy) is 2. The molecular weight excluding hydrogens is 556 g/mol. The van der Waals surface area contributed by atoms with Crippen molar-refractivity contribution < 1.29 is 49.4 Å². The normalized spacial score (nSPS) is 21.6. The minimum absolute atomic E-state index is 0.0891. The van der Waals surface area contributed by atoms with E-state index < -0.39 is 53.8 Å². The van der Waals surface area contributed by atoms with Crippen molar-refractivity contribution >= 4 is 5.97 Å². The molecule has 1 saturated carbocycles. The van der Waals surface area contributed by atoms with Gasteiger partial charge in [0.15, 0.2) is 0 Å². The number of carbonyl (C=O) groups is 1. The number of aliphatic hydroxyl groups is 3. The van der Waals surface area contributed by atoms with Crippen LogP contribution in [0.1, 0.15) is 56.9 Å². The third kappa shape index (κ3) is 14.5. The molecule has 0 saturated heterocycles. The molecule has 236 valence electrons. The van der Waals surface area contributed by atoms with Gasteiger partial charge in [0.05, 0.1) is 24.9 Å². The van der Waals surface area contributed by atoms with Crippen LogP contribution in [0.25, 0.3) is 0 Å². The fourth-order valence-electron chi connectivity index (χ4n) is 5.02. The fourth-order valence-corrected chi connectivity index (χ4v) is 5.02. The van der Waals surface area contributed by atoms with E-state index in [1.54, 1.807) is 0 Å². The van der Waals surface area contributed by atoms with Gasteiger partial charge in [0.2, 0.25) is 0 Å². The van der Waals surface area contributed by atoms with Crippen LogP contribution in [0.4, 0.5) is 0 Å². The lowest BCUT2D eigenvalue weighted by Crippen LogP contribution is -2.29. The molecule has 0 radical (unpaired) electrons. The number of aryl methyl sites for hydroxylation is 1. The molecule has 0 bridgehead atoms. The Morgan fingerprint density at radius 1 is 0.976 bits per heavy atom. The quantitative estimate of drug-likeness (QED) is 0.0580. The number of rotatable bonds is 22. The minimum Gasteiger partial charge on any atom is -0.463 e. The molecule has 42 heavy (non-hydrogen) atoms. The van der Waals surface area contributed by atoms with Crippen molar-refractivity contribution in [3.05, 3.63) is 68.3 Å². The summed E-state index contributed by atoms with van der Waals surface area (Å²) in [4.78, 5) is 41.0. The number of nitrogens with zero attached hydrogens (tertiary/aromatic N) is 2. The summed E-state index contributed by atoms with van der Waals surface area (Å²) in [6.45, 7) is -1.49. The van der Waals surface area contributed by atoms with E-state index in [0.717, 1.165) is 6.42 Å². The summed E-state index contributed by atoms with van der Waals surface area (Å²) in [5, 5.41) is 50.0. The second-order valence-corrected chi connectivity index (χ2v) is 10.3. The first-order chi connectivity index (χ1) is 20.2. The van der Waals surface area contributed by atoms with Crippen molar-refractivity contribution in [2.45, 2.75) is 82.2 Å². The summed E-state index contributed by atoms with van der Waals surface area (Å²) in [7, 11) is 0. The molecule has 1 aliphatic carbocycles. The number of aliphatic hydroxyl groups excluding tert-OH is 3. The standard InChI is InChI=1S/C28H42N2O12/c31-22(13-12-21-8-4-3-5-9-21)14-15-25-24(26(32)18-27(25)33)10-6-1-2-7-11-28(34)40-19-23(20-42-30(37)38)39-16-17-41-29(35)36/h1,3-6,8-9,22-27,31-33H,2,7,10-20H2/b6-1-/t22-,23?,24+,25+,26-,27+/m0/s1. The van der Waals surface area contributed by atoms with Gasteiger partial charge in [0, 0.05) is 6.42 Å². The van der Waals surface area contributed by atoms with Gasteiger partial charge in [-0.25, -0.2) is 0 Å². The van der Waals surface area contributed by atoms with Crippen molar-refractivity contribution in [3.63, 3.8) is 0 Å². The molecule has 1 aromatic carbocycles. The molecule has 1 aliphatic rings. The van der Waals surface area contributed by atoms with Gasteiger partial charge < -0.3 is 34.5 Å². The van der Waals surface area contributed by atoms with Gasteiger partial charge in [-0.05, 0) is 68.8 Å². The lowest BCUT2D eigenvalue weighted by atomic mass is 9.85. The maximum Gasteiger partial charge on any atom is 0.305 e. The molecule has 0 amide bonds. The van der Waals surface area contributed by atoms with E-state index >= 15 is 0 Å². The highest BCUT2D eigenvalue weighted by Crippen LogP contribution is 2.38. The fraction of sp³-hybridized carbons (Fsp3) is 0.679. The molecule has 14 heteroatoms. The van der Waals surface area contributed by atoms with Crippen LogP contribution in [0.5, 0.6) is 0 Å². The van der Waals surface area contributed by atoms with E-state index in [4.69, 9.17) is 9.47 Å². The average molecular weight is 599 g/mol. The van der Waals surface area contributed by atoms with Gasteiger partial charge in [0.25, 0.3) is 10.2 Å². The number of hydrogen-bond acceptors (Lipinski definition) is 12. The van der Waals surface area contributed by atoms with Crippen LogP contribution >= 0.6 is 0 Å². The predicted octanol–water partition coefficient (Wildman–Crippen LogP) is 2.58. The summed E-state index contributed by atoms with van der Waals surface area (Å²) < 4.78 is 10.3. The van der Waals surface area contributed by atoms with Gasteiger partial charge in [-0.2, -0.15) is 0 Å². The first-order valence-electron chi connectivity index (χ1n) is 14.2. The monoisotopic (exact) mass is 598 g/mol. The van der Waals surface area contributed by atoms with Crippen LogP contribution in [0.3, 0.4) is 0 Å². The van der Waals surface area contributed by atoms with E-state index in [1.165, 1.54) is 5.56 Å². The molecular formula is C28H42N2O12. The summed E-state index contributed by atoms with van der Waals surface area (Å²) >= 11 is 0. The minimum atomic E-state index is -1.03. The van der Waals surface area contributed by atoms with Crippen LogP contribution in [0, 0.1) is 32.1 Å². The van der Waals surface area contributed by atoms with E-state index in [-0.39, 0.29) is 31.5 Å². The zero-order valence-corrected chi connectivity index (χ0v) is 23.6. The molecule has 1 fully saturated rings. The van der Waals surface area contributed by atoms with Gasteiger partial charge in [0.1, 0.15) is 25.9 Å². The molecule has 1 unspecified atom stereocenters. The Bertz CT molecular complexity index is 963.